The fourth-order valence-corrected chi connectivity index (χ4v) is 3.38. The Morgan fingerprint density at radius 2 is 1.87 bits per heavy atom. The Labute approximate surface area is 179 Å². The monoisotopic (exact) mass is 432 g/mol. The smallest absolute Gasteiger partial charge is 0.248 e. The molecule has 7 nitrogen and oxygen atoms in total. The van der Waals surface area contributed by atoms with Crippen molar-refractivity contribution in [1.29, 1.82) is 0 Å². The van der Waals surface area contributed by atoms with Crippen molar-refractivity contribution < 1.29 is 23.1 Å². The highest BCUT2D eigenvalue weighted by Crippen LogP contribution is 2.17. The van der Waals surface area contributed by atoms with Crippen LogP contribution < -0.4 is 15.5 Å². The van der Waals surface area contributed by atoms with Crippen LogP contribution in [-0.4, -0.2) is 49.1 Å². The summed E-state index contributed by atoms with van der Waals surface area (Å²) < 4.78 is 32.0. The number of amides is 2. The van der Waals surface area contributed by atoms with Crippen LogP contribution in [0.1, 0.15) is 25.3 Å². The topological polar surface area (TPSA) is 83.6 Å². The predicted octanol–water partition coefficient (Wildman–Crippen LogP) is 2.66. The molecular formula is C22H26F2N4O3. The van der Waals surface area contributed by atoms with E-state index in [4.69, 9.17) is 4.74 Å². The van der Waals surface area contributed by atoms with Crippen molar-refractivity contribution in [3.63, 3.8) is 0 Å². The molecule has 1 fully saturated rings. The van der Waals surface area contributed by atoms with Gasteiger partial charge in [-0.3, -0.25) is 9.59 Å². The van der Waals surface area contributed by atoms with Gasteiger partial charge in [-0.05, 0) is 36.2 Å². The van der Waals surface area contributed by atoms with Gasteiger partial charge < -0.3 is 20.3 Å². The number of nitrogens with zero attached hydrogens (tertiary/aromatic N) is 2. The van der Waals surface area contributed by atoms with E-state index >= 15 is 0 Å². The zero-order valence-corrected chi connectivity index (χ0v) is 17.4. The Hall–Kier alpha value is -3.07. The van der Waals surface area contributed by atoms with Gasteiger partial charge >= 0.3 is 0 Å². The fraction of sp³-hybridized carbons (Fsp3) is 0.409. The number of carbonyl (C=O) groups is 2. The van der Waals surface area contributed by atoms with Gasteiger partial charge in [-0.15, -0.1) is 0 Å². The average molecular weight is 432 g/mol. The van der Waals surface area contributed by atoms with Crippen LogP contribution in [0.15, 0.2) is 36.5 Å². The van der Waals surface area contributed by atoms with Crippen LogP contribution in [-0.2, 0) is 20.7 Å². The first kappa shape index (κ1) is 22.6. The lowest BCUT2D eigenvalue weighted by molar-refractivity contribution is -0.126. The molecule has 1 atom stereocenters. The highest BCUT2D eigenvalue weighted by Gasteiger charge is 2.21. The first-order valence-corrected chi connectivity index (χ1v) is 10.3. The number of morpholine rings is 1. The van der Waals surface area contributed by atoms with Gasteiger partial charge in [0.05, 0.1) is 31.5 Å². The molecular weight excluding hydrogens is 406 g/mol. The Morgan fingerprint density at radius 3 is 2.48 bits per heavy atom. The van der Waals surface area contributed by atoms with E-state index in [0.29, 0.717) is 31.9 Å². The Balaban J connectivity index is 1.58. The van der Waals surface area contributed by atoms with Crippen molar-refractivity contribution in [2.45, 2.75) is 32.2 Å². The molecule has 2 heterocycles. The zero-order valence-electron chi connectivity index (χ0n) is 17.4. The van der Waals surface area contributed by atoms with Crippen molar-refractivity contribution in [2.24, 2.45) is 0 Å². The second-order valence-electron chi connectivity index (χ2n) is 7.35. The second kappa shape index (κ2) is 10.8. The molecule has 1 aromatic heterocycles. The van der Waals surface area contributed by atoms with Crippen LogP contribution in [0.2, 0.25) is 0 Å². The molecule has 0 bridgehead atoms. The van der Waals surface area contributed by atoms with Crippen molar-refractivity contribution in [1.82, 2.24) is 10.3 Å². The van der Waals surface area contributed by atoms with Crippen LogP contribution in [0.5, 0.6) is 0 Å². The van der Waals surface area contributed by atoms with Crippen molar-refractivity contribution >= 4 is 23.3 Å². The number of hydrogen-bond acceptors (Lipinski definition) is 5. The quantitative estimate of drug-likeness (QED) is 0.670. The van der Waals surface area contributed by atoms with Gasteiger partial charge in [0.25, 0.3) is 0 Å². The second-order valence-corrected chi connectivity index (χ2v) is 7.35. The summed E-state index contributed by atoms with van der Waals surface area (Å²) in [6, 6.07) is 5.74. The van der Waals surface area contributed by atoms with E-state index in [9.17, 15) is 18.4 Å². The molecule has 2 amide bonds. The number of benzene rings is 1. The van der Waals surface area contributed by atoms with E-state index in [-0.39, 0.29) is 12.0 Å². The number of ether oxygens (including phenoxy) is 1. The maximum absolute atomic E-state index is 13.3. The predicted molar refractivity (Wildman–Crippen MR) is 113 cm³/mol. The molecule has 0 aliphatic carbocycles. The molecule has 31 heavy (non-hydrogen) atoms. The highest BCUT2D eigenvalue weighted by atomic mass is 19.1. The van der Waals surface area contributed by atoms with Crippen LogP contribution >= 0.6 is 0 Å². The number of carbonyl (C=O) groups excluding carboxylic acids is 2. The minimum Gasteiger partial charge on any atom is -0.378 e. The number of nitrogens with one attached hydrogen (secondary N) is 2. The lowest BCUT2D eigenvalue weighted by Gasteiger charge is -2.28. The molecule has 1 unspecified atom stereocenters. The summed E-state index contributed by atoms with van der Waals surface area (Å²) in [7, 11) is 0. The molecule has 3 rings (SSSR count). The highest BCUT2D eigenvalue weighted by molar-refractivity contribution is 5.96. The van der Waals surface area contributed by atoms with Gasteiger partial charge in [-0.1, -0.05) is 13.3 Å². The van der Waals surface area contributed by atoms with Gasteiger partial charge in [0.1, 0.15) is 23.5 Å². The van der Waals surface area contributed by atoms with Crippen LogP contribution in [0.3, 0.4) is 0 Å². The van der Waals surface area contributed by atoms with E-state index in [2.05, 4.69) is 20.5 Å². The van der Waals surface area contributed by atoms with Gasteiger partial charge in [-0.2, -0.15) is 0 Å². The molecule has 1 aromatic carbocycles. The Morgan fingerprint density at radius 1 is 1.16 bits per heavy atom. The number of pyridine rings is 1. The molecule has 2 N–H and O–H groups in total. The van der Waals surface area contributed by atoms with Crippen LogP contribution in [0.25, 0.3) is 0 Å². The van der Waals surface area contributed by atoms with Crippen LogP contribution in [0.4, 0.5) is 20.3 Å². The van der Waals surface area contributed by atoms with Crippen molar-refractivity contribution in [2.75, 3.05) is 36.5 Å². The number of anilines is 2. The summed E-state index contributed by atoms with van der Waals surface area (Å²) in [5, 5.41) is 5.36. The summed E-state index contributed by atoms with van der Waals surface area (Å²) in [5.74, 6) is -2.01. The number of aromatic nitrogens is 1. The molecule has 0 saturated carbocycles. The number of rotatable bonds is 8. The molecule has 0 spiro atoms. The molecule has 2 aromatic rings. The summed E-state index contributed by atoms with van der Waals surface area (Å²) in [6.07, 6.45) is 2.54. The standard InChI is InChI=1S/C22H26F2N4O3/c1-2-3-19(26-21(29)12-15-10-16(23)13-17(24)11-15)22(30)27-20-5-4-18(14-25-20)28-6-8-31-9-7-28/h4-5,10-11,13-14,19H,2-3,6-9,12H2,1H3,(H,26,29)(H,25,27,30). The maximum Gasteiger partial charge on any atom is 0.248 e. The van der Waals surface area contributed by atoms with Gasteiger partial charge in [0.15, 0.2) is 0 Å². The van der Waals surface area contributed by atoms with E-state index in [0.717, 1.165) is 37.0 Å². The van der Waals surface area contributed by atoms with Gasteiger partial charge in [-0.25, -0.2) is 13.8 Å². The largest absolute Gasteiger partial charge is 0.378 e. The first-order valence-electron chi connectivity index (χ1n) is 10.3. The molecule has 166 valence electrons. The van der Waals surface area contributed by atoms with E-state index in [1.165, 1.54) is 0 Å². The first-order chi connectivity index (χ1) is 14.9. The SMILES string of the molecule is CCCC(NC(=O)Cc1cc(F)cc(F)c1)C(=O)Nc1ccc(N2CCOCC2)cn1. The number of halogens is 2. The van der Waals surface area contributed by atoms with Gasteiger partial charge in [0.2, 0.25) is 11.8 Å². The van der Waals surface area contributed by atoms with E-state index in [1.807, 2.05) is 13.0 Å². The molecule has 1 aliphatic rings. The summed E-state index contributed by atoms with van der Waals surface area (Å²) in [6.45, 7) is 4.79. The molecule has 0 radical (unpaired) electrons. The summed E-state index contributed by atoms with van der Waals surface area (Å²) in [5.41, 5.74) is 1.15. The third-order valence-electron chi connectivity index (χ3n) is 4.89. The molecule has 1 saturated heterocycles. The maximum atomic E-state index is 13.3. The molecule has 9 heteroatoms. The van der Waals surface area contributed by atoms with Gasteiger partial charge in [0, 0.05) is 19.2 Å². The molecule has 1 aliphatic heterocycles. The fourth-order valence-electron chi connectivity index (χ4n) is 3.38. The lowest BCUT2D eigenvalue weighted by Crippen LogP contribution is -2.44. The van der Waals surface area contributed by atoms with E-state index in [1.54, 1.807) is 12.3 Å². The third-order valence-corrected chi connectivity index (χ3v) is 4.89. The van der Waals surface area contributed by atoms with Crippen molar-refractivity contribution in [3.05, 3.63) is 53.7 Å². The third kappa shape index (κ3) is 6.71. The minimum atomic E-state index is -0.781. The zero-order chi connectivity index (χ0) is 22.2. The number of hydrogen-bond donors (Lipinski definition) is 2. The summed E-state index contributed by atoms with van der Waals surface area (Å²) in [4.78, 5) is 31.4. The van der Waals surface area contributed by atoms with Crippen LogP contribution in [0, 0.1) is 11.6 Å². The van der Waals surface area contributed by atoms with Crippen molar-refractivity contribution in [3.8, 4) is 0 Å². The summed E-state index contributed by atoms with van der Waals surface area (Å²) >= 11 is 0. The van der Waals surface area contributed by atoms with E-state index < -0.39 is 29.5 Å². The average Bonchev–Trinajstić information content (AvgIpc) is 2.74. The normalized spacial score (nSPS) is 14.7. The lowest BCUT2D eigenvalue weighted by atomic mass is 10.1. The Bertz CT molecular complexity index is 882. The minimum absolute atomic E-state index is 0.200. The Kier molecular flexibility index (Phi) is 7.88.